The summed E-state index contributed by atoms with van der Waals surface area (Å²) in [6, 6.07) is 0. The van der Waals surface area contributed by atoms with Crippen LogP contribution in [-0.2, 0) is 0 Å². The minimum absolute atomic E-state index is 0.318. The van der Waals surface area contributed by atoms with Gasteiger partial charge in [-0.1, -0.05) is 32.3 Å². The summed E-state index contributed by atoms with van der Waals surface area (Å²) in [6.07, 6.45) is 4.28. The molecule has 0 aromatic carbocycles. The molecule has 0 radical (unpaired) electrons. The molecule has 14 heavy (non-hydrogen) atoms. The van der Waals surface area contributed by atoms with E-state index in [9.17, 15) is 10.2 Å². The number of hydrogen-bond donors (Lipinski definition) is 3. The second kappa shape index (κ2) is 6.98. The SMILES string of the molecule is C=CC[C@@](O)(CCCCC)[C@@H](O)CO. The second-order valence-electron chi connectivity index (χ2n) is 3.75. The Balaban J connectivity index is 4.15. The third kappa shape index (κ3) is 4.22. The molecule has 0 aliphatic rings. The van der Waals surface area contributed by atoms with E-state index in [1.807, 2.05) is 0 Å². The van der Waals surface area contributed by atoms with Crippen molar-refractivity contribution in [2.24, 2.45) is 0 Å². The highest BCUT2D eigenvalue weighted by Crippen LogP contribution is 2.23. The summed E-state index contributed by atoms with van der Waals surface area (Å²) >= 11 is 0. The third-order valence-electron chi connectivity index (χ3n) is 2.50. The molecular formula is C11H22O3. The maximum Gasteiger partial charge on any atom is 0.106 e. The number of aliphatic hydroxyl groups is 3. The van der Waals surface area contributed by atoms with Gasteiger partial charge >= 0.3 is 0 Å². The van der Waals surface area contributed by atoms with Gasteiger partial charge in [-0.05, 0) is 12.8 Å². The lowest BCUT2D eigenvalue weighted by Crippen LogP contribution is -2.44. The highest BCUT2D eigenvalue weighted by atomic mass is 16.4. The molecule has 3 nitrogen and oxygen atoms in total. The first-order valence-electron chi connectivity index (χ1n) is 5.23. The van der Waals surface area contributed by atoms with Crippen LogP contribution in [0.3, 0.4) is 0 Å². The van der Waals surface area contributed by atoms with Gasteiger partial charge in [0.05, 0.1) is 12.2 Å². The van der Waals surface area contributed by atoms with Gasteiger partial charge in [0.25, 0.3) is 0 Å². The van der Waals surface area contributed by atoms with Crippen LogP contribution >= 0.6 is 0 Å². The fourth-order valence-electron chi connectivity index (χ4n) is 1.51. The summed E-state index contributed by atoms with van der Waals surface area (Å²) < 4.78 is 0. The molecule has 0 aromatic rings. The summed E-state index contributed by atoms with van der Waals surface area (Å²) in [5.41, 5.74) is -1.20. The van der Waals surface area contributed by atoms with Crippen molar-refractivity contribution < 1.29 is 15.3 Å². The Labute approximate surface area is 86.1 Å². The second-order valence-corrected chi connectivity index (χ2v) is 3.75. The molecule has 0 spiro atoms. The quantitative estimate of drug-likeness (QED) is 0.410. The maximum absolute atomic E-state index is 10.0. The highest BCUT2D eigenvalue weighted by Gasteiger charge is 2.33. The van der Waals surface area contributed by atoms with Gasteiger partial charge in [-0.25, -0.2) is 0 Å². The minimum atomic E-state index is -1.20. The van der Waals surface area contributed by atoms with Crippen molar-refractivity contribution in [2.75, 3.05) is 6.61 Å². The molecule has 0 heterocycles. The number of rotatable bonds is 8. The van der Waals surface area contributed by atoms with Gasteiger partial charge < -0.3 is 15.3 Å². The smallest absolute Gasteiger partial charge is 0.106 e. The Kier molecular flexibility index (Phi) is 6.79. The van der Waals surface area contributed by atoms with Crippen LogP contribution in [0.4, 0.5) is 0 Å². The first-order valence-corrected chi connectivity index (χ1v) is 5.23. The van der Waals surface area contributed by atoms with Crippen LogP contribution in [0.1, 0.15) is 39.0 Å². The van der Waals surface area contributed by atoms with Crippen molar-refractivity contribution in [1.29, 1.82) is 0 Å². The molecule has 0 fully saturated rings. The summed E-state index contributed by atoms with van der Waals surface area (Å²) in [5.74, 6) is 0. The van der Waals surface area contributed by atoms with E-state index in [4.69, 9.17) is 5.11 Å². The first kappa shape index (κ1) is 13.6. The summed E-state index contributed by atoms with van der Waals surface area (Å²) in [6.45, 7) is 5.21. The molecule has 2 atom stereocenters. The van der Waals surface area contributed by atoms with Gasteiger partial charge in [0, 0.05) is 0 Å². The zero-order valence-corrected chi connectivity index (χ0v) is 8.95. The molecule has 0 saturated heterocycles. The molecule has 3 heteroatoms. The molecule has 0 rings (SSSR count). The Morgan fingerprint density at radius 2 is 2.07 bits per heavy atom. The van der Waals surface area contributed by atoms with Crippen LogP contribution in [0, 0.1) is 0 Å². The Morgan fingerprint density at radius 1 is 1.43 bits per heavy atom. The van der Waals surface area contributed by atoms with E-state index in [0.29, 0.717) is 12.8 Å². The van der Waals surface area contributed by atoms with Crippen LogP contribution in [-0.4, -0.2) is 33.6 Å². The topological polar surface area (TPSA) is 60.7 Å². The molecule has 0 bridgehead atoms. The normalized spacial score (nSPS) is 17.4. The predicted molar refractivity (Wildman–Crippen MR) is 57.0 cm³/mol. The van der Waals surface area contributed by atoms with Crippen LogP contribution in [0.15, 0.2) is 12.7 Å². The standard InChI is InChI=1S/C11H22O3/c1-3-5-6-8-11(14,7-4-2)10(13)9-12/h4,10,12-14H,2-3,5-9H2,1H3/t10-,11+/m0/s1. The highest BCUT2D eigenvalue weighted by molar-refractivity contribution is 4.92. The van der Waals surface area contributed by atoms with Crippen molar-refractivity contribution in [3.05, 3.63) is 12.7 Å². The van der Waals surface area contributed by atoms with Crippen molar-refractivity contribution in [1.82, 2.24) is 0 Å². The van der Waals surface area contributed by atoms with E-state index in [1.165, 1.54) is 0 Å². The van der Waals surface area contributed by atoms with E-state index >= 15 is 0 Å². The zero-order chi connectivity index (χ0) is 11.0. The van der Waals surface area contributed by atoms with Gasteiger partial charge in [-0.15, -0.1) is 6.58 Å². The van der Waals surface area contributed by atoms with E-state index in [-0.39, 0.29) is 0 Å². The predicted octanol–water partition coefficient (Wildman–Crippen LogP) is 1.23. The van der Waals surface area contributed by atoms with Gasteiger partial charge in [0.2, 0.25) is 0 Å². The van der Waals surface area contributed by atoms with E-state index in [2.05, 4.69) is 13.5 Å². The lowest BCUT2D eigenvalue weighted by atomic mass is 9.87. The Bertz CT molecular complexity index is 159. The van der Waals surface area contributed by atoms with Crippen LogP contribution in [0.5, 0.6) is 0 Å². The summed E-state index contributed by atoms with van der Waals surface area (Å²) in [7, 11) is 0. The molecule has 0 unspecified atom stereocenters. The van der Waals surface area contributed by atoms with E-state index < -0.39 is 18.3 Å². The number of unbranched alkanes of at least 4 members (excludes halogenated alkanes) is 2. The lowest BCUT2D eigenvalue weighted by Gasteiger charge is -2.31. The summed E-state index contributed by atoms with van der Waals surface area (Å²) in [5, 5.41) is 28.3. The molecule has 0 saturated carbocycles. The van der Waals surface area contributed by atoms with Crippen molar-refractivity contribution >= 4 is 0 Å². The third-order valence-corrected chi connectivity index (χ3v) is 2.50. The average molecular weight is 202 g/mol. The fourth-order valence-corrected chi connectivity index (χ4v) is 1.51. The molecule has 0 aliphatic heterocycles. The number of aliphatic hydroxyl groups excluding tert-OH is 2. The molecule has 0 amide bonds. The van der Waals surface area contributed by atoms with Crippen molar-refractivity contribution in [3.63, 3.8) is 0 Å². The molecular weight excluding hydrogens is 180 g/mol. The van der Waals surface area contributed by atoms with Crippen LogP contribution < -0.4 is 0 Å². The Morgan fingerprint density at radius 3 is 2.50 bits per heavy atom. The molecule has 84 valence electrons. The lowest BCUT2D eigenvalue weighted by molar-refractivity contribution is -0.0983. The monoisotopic (exact) mass is 202 g/mol. The average Bonchev–Trinajstić information content (AvgIpc) is 2.17. The van der Waals surface area contributed by atoms with Crippen molar-refractivity contribution in [2.45, 2.75) is 50.7 Å². The molecule has 3 N–H and O–H groups in total. The van der Waals surface area contributed by atoms with Crippen molar-refractivity contribution in [3.8, 4) is 0 Å². The number of hydrogen-bond acceptors (Lipinski definition) is 3. The fraction of sp³-hybridized carbons (Fsp3) is 0.818. The van der Waals surface area contributed by atoms with E-state index in [1.54, 1.807) is 6.08 Å². The minimum Gasteiger partial charge on any atom is -0.394 e. The van der Waals surface area contributed by atoms with E-state index in [0.717, 1.165) is 19.3 Å². The Hall–Kier alpha value is -0.380. The van der Waals surface area contributed by atoms with Gasteiger partial charge in [-0.3, -0.25) is 0 Å². The van der Waals surface area contributed by atoms with Gasteiger partial charge in [0.15, 0.2) is 0 Å². The van der Waals surface area contributed by atoms with Crippen LogP contribution in [0.2, 0.25) is 0 Å². The van der Waals surface area contributed by atoms with Crippen LogP contribution in [0.25, 0.3) is 0 Å². The maximum atomic E-state index is 10.0. The molecule has 0 aromatic heterocycles. The van der Waals surface area contributed by atoms with Gasteiger partial charge in [0.1, 0.15) is 6.10 Å². The molecule has 0 aliphatic carbocycles. The van der Waals surface area contributed by atoms with Gasteiger partial charge in [-0.2, -0.15) is 0 Å². The summed E-state index contributed by atoms with van der Waals surface area (Å²) in [4.78, 5) is 0. The largest absolute Gasteiger partial charge is 0.394 e. The first-order chi connectivity index (χ1) is 6.60. The zero-order valence-electron chi connectivity index (χ0n) is 8.95.